The number of rotatable bonds is 7. The lowest BCUT2D eigenvalue weighted by Gasteiger charge is -2.15. The number of benzene rings is 3. The minimum atomic E-state index is 0.300. The van der Waals surface area contributed by atoms with E-state index in [1.54, 1.807) is 0 Å². The molecule has 0 aliphatic rings. The van der Waals surface area contributed by atoms with E-state index in [4.69, 9.17) is 16.3 Å². The molecule has 0 bridgehead atoms. The smallest absolute Gasteiger partial charge is 0.120 e. The van der Waals surface area contributed by atoms with Crippen LogP contribution in [-0.2, 0) is 13.2 Å². The molecule has 128 valence electrons. The maximum atomic E-state index is 6.17. The molecule has 3 aromatic rings. The molecule has 0 radical (unpaired) electrons. The number of hydrogen-bond acceptors (Lipinski definition) is 2. The first-order valence-corrected chi connectivity index (χ1v) is 8.83. The van der Waals surface area contributed by atoms with Crippen LogP contribution >= 0.6 is 11.6 Å². The Morgan fingerprint density at radius 1 is 0.920 bits per heavy atom. The molecule has 0 aromatic heterocycles. The van der Waals surface area contributed by atoms with Gasteiger partial charge in [-0.3, -0.25) is 0 Å². The maximum Gasteiger partial charge on any atom is 0.120 e. The Morgan fingerprint density at radius 2 is 1.68 bits per heavy atom. The van der Waals surface area contributed by atoms with Gasteiger partial charge in [-0.25, -0.2) is 0 Å². The van der Waals surface area contributed by atoms with E-state index in [-0.39, 0.29) is 0 Å². The molecule has 0 aliphatic carbocycles. The number of halogens is 1. The van der Waals surface area contributed by atoms with E-state index in [9.17, 15) is 0 Å². The van der Waals surface area contributed by atoms with Crippen LogP contribution in [-0.4, -0.2) is 0 Å². The third-order valence-electron chi connectivity index (χ3n) is 4.16. The van der Waals surface area contributed by atoms with Gasteiger partial charge in [0, 0.05) is 23.2 Å². The number of nitrogens with one attached hydrogen (secondary N) is 1. The third-order valence-corrected chi connectivity index (χ3v) is 4.53. The van der Waals surface area contributed by atoms with Gasteiger partial charge in [-0.1, -0.05) is 72.3 Å². The summed E-state index contributed by atoms with van der Waals surface area (Å²) in [6.45, 7) is 3.43. The molecule has 0 unspecified atom stereocenters. The highest BCUT2D eigenvalue weighted by atomic mass is 35.5. The summed E-state index contributed by atoms with van der Waals surface area (Å²) in [6.07, 6.45) is 0. The third kappa shape index (κ3) is 5.09. The van der Waals surface area contributed by atoms with E-state index in [0.717, 1.165) is 22.9 Å². The Balaban J connectivity index is 1.57. The van der Waals surface area contributed by atoms with E-state index in [2.05, 4.69) is 48.6 Å². The summed E-state index contributed by atoms with van der Waals surface area (Å²) < 4.78 is 5.89. The standard InChI is InChI=1S/C22H22ClNO/c1-17(19-9-3-2-4-10-19)24-15-18-8-7-12-21(14-18)25-16-20-11-5-6-13-22(20)23/h2-14,17,24H,15-16H2,1H3/t17-/m1/s1. The summed E-state index contributed by atoms with van der Waals surface area (Å²) in [5.41, 5.74) is 3.47. The van der Waals surface area contributed by atoms with E-state index in [1.165, 1.54) is 11.1 Å². The lowest BCUT2D eigenvalue weighted by molar-refractivity contribution is 0.306. The van der Waals surface area contributed by atoms with Gasteiger partial charge < -0.3 is 10.1 Å². The molecule has 3 heteroatoms. The molecule has 0 saturated heterocycles. The van der Waals surface area contributed by atoms with Crippen LogP contribution in [0.4, 0.5) is 0 Å². The van der Waals surface area contributed by atoms with E-state index in [0.29, 0.717) is 12.6 Å². The molecule has 1 atom stereocenters. The molecule has 0 saturated carbocycles. The largest absolute Gasteiger partial charge is 0.489 e. The van der Waals surface area contributed by atoms with Gasteiger partial charge in [-0.2, -0.15) is 0 Å². The van der Waals surface area contributed by atoms with Gasteiger partial charge in [-0.15, -0.1) is 0 Å². The molecule has 3 rings (SSSR count). The molecule has 0 heterocycles. The molecule has 0 fully saturated rings. The minimum Gasteiger partial charge on any atom is -0.489 e. The first-order valence-electron chi connectivity index (χ1n) is 8.46. The fourth-order valence-electron chi connectivity index (χ4n) is 2.65. The summed E-state index contributed by atoms with van der Waals surface area (Å²) in [6, 6.07) is 26.7. The molecular weight excluding hydrogens is 330 g/mol. The molecule has 1 N–H and O–H groups in total. The van der Waals surface area contributed by atoms with Gasteiger partial charge >= 0.3 is 0 Å². The second-order valence-electron chi connectivity index (χ2n) is 6.04. The minimum absolute atomic E-state index is 0.300. The predicted molar refractivity (Wildman–Crippen MR) is 104 cm³/mol. The number of hydrogen-bond donors (Lipinski definition) is 1. The first-order chi connectivity index (χ1) is 12.2. The van der Waals surface area contributed by atoms with Crippen molar-refractivity contribution in [1.82, 2.24) is 5.32 Å². The van der Waals surface area contributed by atoms with Crippen molar-refractivity contribution in [2.24, 2.45) is 0 Å². The summed E-state index contributed by atoms with van der Waals surface area (Å²) in [7, 11) is 0. The average molecular weight is 352 g/mol. The summed E-state index contributed by atoms with van der Waals surface area (Å²) in [4.78, 5) is 0. The van der Waals surface area contributed by atoms with E-state index >= 15 is 0 Å². The molecular formula is C22H22ClNO. The Bertz CT molecular complexity index is 804. The van der Waals surface area contributed by atoms with Crippen molar-refractivity contribution in [3.63, 3.8) is 0 Å². The normalized spacial score (nSPS) is 11.9. The van der Waals surface area contributed by atoms with Gasteiger partial charge in [0.2, 0.25) is 0 Å². The quantitative estimate of drug-likeness (QED) is 0.583. The van der Waals surface area contributed by atoms with Gasteiger partial charge in [-0.05, 0) is 36.2 Å². The zero-order valence-corrected chi connectivity index (χ0v) is 15.0. The predicted octanol–water partition coefficient (Wildman–Crippen LogP) is 5.77. The molecule has 25 heavy (non-hydrogen) atoms. The lowest BCUT2D eigenvalue weighted by Crippen LogP contribution is -2.17. The monoisotopic (exact) mass is 351 g/mol. The maximum absolute atomic E-state index is 6.17. The fraction of sp³-hybridized carbons (Fsp3) is 0.182. The molecule has 0 amide bonds. The fourth-order valence-corrected chi connectivity index (χ4v) is 2.84. The van der Waals surface area contributed by atoms with Crippen molar-refractivity contribution in [3.05, 3.63) is 101 Å². The van der Waals surface area contributed by atoms with Crippen LogP contribution in [0, 0.1) is 0 Å². The molecule has 2 nitrogen and oxygen atoms in total. The molecule has 0 aliphatic heterocycles. The average Bonchev–Trinajstić information content (AvgIpc) is 2.66. The van der Waals surface area contributed by atoms with Crippen LogP contribution in [0.2, 0.25) is 5.02 Å². The Morgan fingerprint density at radius 3 is 2.48 bits per heavy atom. The van der Waals surface area contributed by atoms with E-state index < -0.39 is 0 Å². The van der Waals surface area contributed by atoms with Crippen LogP contribution in [0.5, 0.6) is 5.75 Å². The highest BCUT2D eigenvalue weighted by Gasteiger charge is 2.05. The zero-order chi connectivity index (χ0) is 17.5. The second-order valence-corrected chi connectivity index (χ2v) is 6.45. The van der Waals surface area contributed by atoms with Crippen molar-refractivity contribution >= 4 is 11.6 Å². The first kappa shape index (κ1) is 17.5. The Hall–Kier alpha value is -2.29. The number of ether oxygens (including phenoxy) is 1. The lowest BCUT2D eigenvalue weighted by atomic mass is 10.1. The van der Waals surface area contributed by atoms with Crippen LogP contribution in [0.15, 0.2) is 78.9 Å². The van der Waals surface area contributed by atoms with Gasteiger partial charge in [0.05, 0.1) is 0 Å². The van der Waals surface area contributed by atoms with Crippen molar-refractivity contribution < 1.29 is 4.74 Å². The molecule has 3 aromatic carbocycles. The summed E-state index contributed by atoms with van der Waals surface area (Å²) >= 11 is 6.17. The van der Waals surface area contributed by atoms with Crippen molar-refractivity contribution in [1.29, 1.82) is 0 Å². The van der Waals surface area contributed by atoms with Crippen LogP contribution in [0.25, 0.3) is 0 Å². The van der Waals surface area contributed by atoms with Crippen LogP contribution in [0.1, 0.15) is 29.7 Å². The van der Waals surface area contributed by atoms with Crippen LogP contribution < -0.4 is 10.1 Å². The Labute approximate surface area is 154 Å². The summed E-state index contributed by atoms with van der Waals surface area (Å²) in [5, 5.41) is 4.28. The highest BCUT2D eigenvalue weighted by molar-refractivity contribution is 6.31. The van der Waals surface area contributed by atoms with Crippen molar-refractivity contribution in [2.75, 3.05) is 0 Å². The second kappa shape index (κ2) is 8.70. The van der Waals surface area contributed by atoms with Gasteiger partial charge in [0.25, 0.3) is 0 Å². The topological polar surface area (TPSA) is 21.3 Å². The molecule has 0 spiro atoms. The van der Waals surface area contributed by atoms with Crippen molar-refractivity contribution in [2.45, 2.75) is 26.1 Å². The highest BCUT2D eigenvalue weighted by Crippen LogP contribution is 2.20. The summed E-state index contributed by atoms with van der Waals surface area (Å²) in [5.74, 6) is 0.853. The SMILES string of the molecule is C[C@@H](NCc1cccc(OCc2ccccc2Cl)c1)c1ccccc1. The van der Waals surface area contributed by atoms with Crippen LogP contribution in [0.3, 0.4) is 0 Å². The van der Waals surface area contributed by atoms with Crippen molar-refractivity contribution in [3.8, 4) is 5.75 Å². The zero-order valence-electron chi connectivity index (χ0n) is 14.3. The van der Waals surface area contributed by atoms with E-state index in [1.807, 2.05) is 42.5 Å². The van der Waals surface area contributed by atoms with Gasteiger partial charge in [0.15, 0.2) is 0 Å². The Kier molecular flexibility index (Phi) is 6.10. The van der Waals surface area contributed by atoms with Gasteiger partial charge in [0.1, 0.15) is 12.4 Å².